The van der Waals surface area contributed by atoms with E-state index in [9.17, 15) is 4.79 Å². The van der Waals surface area contributed by atoms with Crippen molar-refractivity contribution in [3.8, 4) is 0 Å². The number of hydrogen-bond donors (Lipinski definition) is 0. The molecule has 0 aromatic carbocycles. The van der Waals surface area contributed by atoms with Crippen LogP contribution in [0, 0.1) is 5.41 Å². The normalized spacial score (nSPS) is 14.9. The molecule has 0 N–H and O–H groups in total. The fourth-order valence-corrected chi connectivity index (χ4v) is 1.81. The predicted molar refractivity (Wildman–Crippen MR) is 74.5 cm³/mol. The van der Waals surface area contributed by atoms with E-state index in [2.05, 4.69) is 27.4 Å². The van der Waals surface area contributed by atoms with Crippen molar-refractivity contribution < 1.29 is 14.3 Å². The van der Waals surface area contributed by atoms with Crippen LogP contribution >= 0.6 is 0 Å². The number of rotatable bonds is 9. The summed E-state index contributed by atoms with van der Waals surface area (Å²) in [6.07, 6.45) is 4.45. The molecule has 0 amide bonds. The van der Waals surface area contributed by atoms with Gasteiger partial charge in [0.25, 0.3) is 0 Å². The molecule has 1 unspecified atom stereocenters. The number of ether oxygens (including phenoxy) is 2. The summed E-state index contributed by atoms with van der Waals surface area (Å²) in [7, 11) is 0. The van der Waals surface area contributed by atoms with E-state index < -0.39 is 5.60 Å². The zero-order chi connectivity index (χ0) is 14.2. The molecule has 0 aromatic rings. The summed E-state index contributed by atoms with van der Waals surface area (Å²) in [5.41, 5.74) is -0.750. The molecule has 0 fully saturated rings. The fourth-order valence-electron chi connectivity index (χ4n) is 1.81. The molecule has 0 saturated heterocycles. The number of unbranched alkanes of at least 4 members (excludes halogenated alkanes) is 1. The second kappa shape index (κ2) is 7.57. The van der Waals surface area contributed by atoms with Crippen molar-refractivity contribution in [2.24, 2.45) is 5.41 Å². The monoisotopic (exact) mass is 256 g/mol. The molecule has 0 aliphatic rings. The van der Waals surface area contributed by atoms with Crippen LogP contribution in [0.1, 0.15) is 53.9 Å². The summed E-state index contributed by atoms with van der Waals surface area (Å²) in [6.45, 7) is 14.8. The minimum Gasteiger partial charge on any atom is -0.453 e. The molecule has 0 aromatic heterocycles. The Hall–Kier alpha value is -0.830. The minimum absolute atomic E-state index is 0.128. The Balaban J connectivity index is 4.91. The molecular formula is C15H28O3. The number of hydrogen-bond acceptors (Lipinski definition) is 3. The van der Waals surface area contributed by atoms with Crippen molar-refractivity contribution in [1.29, 1.82) is 0 Å². The van der Waals surface area contributed by atoms with Crippen molar-refractivity contribution >= 4 is 5.97 Å². The Morgan fingerprint density at radius 2 is 1.89 bits per heavy atom. The van der Waals surface area contributed by atoms with Crippen LogP contribution in [0.25, 0.3) is 0 Å². The third kappa shape index (κ3) is 4.81. The van der Waals surface area contributed by atoms with Gasteiger partial charge in [0.2, 0.25) is 0 Å². The molecule has 0 aliphatic carbocycles. The zero-order valence-corrected chi connectivity index (χ0v) is 12.5. The summed E-state index contributed by atoms with van der Waals surface area (Å²) in [5.74, 6) is -0.387. The first-order valence-electron chi connectivity index (χ1n) is 6.76. The van der Waals surface area contributed by atoms with Crippen molar-refractivity contribution in [2.45, 2.75) is 59.5 Å². The molecule has 3 heteroatoms. The number of carbonyl (C=O) groups is 1. The van der Waals surface area contributed by atoms with Gasteiger partial charge in [-0.3, -0.25) is 0 Å². The lowest BCUT2D eigenvalue weighted by atomic mass is 9.72. The van der Waals surface area contributed by atoms with E-state index in [0.717, 1.165) is 19.3 Å². The van der Waals surface area contributed by atoms with Gasteiger partial charge in [0.15, 0.2) is 0 Å². The molecule has 0 radical (unpaired) electrons. The van der Waals surface area contributed by atoms with Gasteiger partial charge in [-0.25, -0.2) is 4.79 Å². The average molecular weight is 256 g/mol. The molecule has 106 valence electrons. The minimum atomic E-state index is -0.622. The lowest BCUT2D eigenvalue weighted by molar-refractivity contribution is -0.177. The van der Waals surface area contributed by atoms with Crippen molar-refractivity contribution in [2.75, 3.05) is 13.2 Å². The lowest BCUT2D eigenvalue weighted by Gasteiger charge is -2.43. The molecule has 0 aliphatic heterocycles. The molecule has 0 heterocycles. The standard InChI is InChI=1S/C15H28O3/c1-7-10-11-14(4,5)15(6,12-17-9-3)18-13(16)8-2/h8H,2,7,9-12H2,1,3-6H3. The summed E-state index contributed by atoms with van der Waals surface area (Å²) >= 11 is 0. The highest BCUT2D eigenvalue weighted by Crippen LogP contribution is 2.39. The van der Waals surface area contributed by atoms with Crippen LogP contribution in [-0.2, 0) is 14.3 Å². The van der Waals surface area contributed by atoms with Crippen LogP contribution in [0.4, 0.5) is 0 Å². The Kier molecular flexibility index (Phi) is 7.22. The average Bonchev–Trinajstić information content (AvgIpc) is 2.33. The van der Waals surface area contributed by atoms with Gasteiger partial charge in [0.1, 0.15) is 5.60 Å². The summed E-state index contributed by atoms with van der Waals surface area (Å²) in [5, 5.41) is 0. The molecule has 3 nitrogen and oxygen atoms in total. The fraction of sp³-hybridized carbons (Fsp3) is 0.800. The molecule has 0 bridgehead atoms. The Bertz CT molecular complexity index is 271. The summed E-state index contributed by atoms with van der Waals surface area (Å²) in [4.78, 5) is 11.5. The van der Waals surface area contributed by atoms with Gasteiger partial charge in [-0.2, -0.15) is 0 Å². The quantitative estimate of drug-likeness (QED) is 0.466. The van der Waals surface area contributed by atoms with E-state index in [-0.39, 0.29) is 11.4 Å². The molecule has 0 saturated carbocycles. The zero-order valence-electron chi connectivity index (χ0n) is 12.5. The summed E-state index contributed by atoms with van der Waals surface area (Å²) in [6, 6.07) is 0. The van der Waals surface area contributed by atoms with E-state index in [0.29, 0.717) is 13.2 Å². The van der Waals surface area contributed by atoms with Gasteiger partial charge in [-0.1, -0.05) is 40.2 Å². The number of carbonyl (C=O) groups excluding carboxylic acids is 1. The van der Waals surface area contributed by atoms with Gasteiger partial charge in [0.05, 0.1) is 6.61 Å². The highest BCUT2D eigenvalue weighted by Gasteiger charge is 2.44. The molecule has 1 atom stereocenters. The van der Waals surface area contributed by atoms with Crippen LogP contribution in [0.2, 0.25) is 0 Å². The van der Waals surface area contributed by atoms with Crippen molar-refractivity contribution in [3.63, 3.8) is 0 Å². The van der Waals surface area contributed by atoms with Crippen LogP contribution in [0.15, 0.2) is 12.7 Å². The van der Waals surface area contributed by atoms with Crippen LogP contribution in [0.3, 0.4) is 0 Å². The number of esters is 1. The topological polar surface area (TPSA) is 35.5 Å². The highest BCUT2D eigenvalue weighted by atomic mass is 16.6. The first-order valence-corrected chi connectivity index (χ1v) is 6.76. The van der Waals surface area contributed by atoms with Gasteiger partial charge in [0, 0.05) is 18.1 Å². The van der Waals surface area contributed by atoms with E-state index in [1.807, 2.05) is 13.8 Å². The second-order valence-corrected chi connectivity index (χ2v) is 5.48. The third-order valence-corrected chi connectivity index (χ3v) is 3.66. The second-order valence-electron chi connectivity index (χ2n) is 5.48. The maximum Gasteiger partial charge on any atom is 0.330 e. The van der Waals surface area contributed by atoms with Crippen LogP contribution in [0.5, 0.6) is 0 Å². The molecular weight excluding hydrogens is 228 g/mol. The highest BCUT2D eigenvalue weighted by molar-refractivity contribution is 5.81. The predicted octanol–water partition coefficient (Wildman–Crippen LogP) is 3.73. The van der Waals surface area contributed by atoms with Crippen molar-refractivity contribution in [3.05, 3.63) is 12.7 Å². The maximum atomic E-state index is 11.5. The van der Waals surface area contributed by atoms with Crippen LogP contribution < -0.4 is 0 Å². The lowest BCUT2D eigenvalue weighted by Crippen LogP contribution is -2.49. The first-order chi connectivity index (χ1) is 8.33. The maximum absolute atomic E-state index is 11.5. The Morgan fingerprint density at radius 1 is 1.28 bits per heavy atom. The van der Waals surface area contributed by atoms with Gasteiger partial charge < -0.3 is 9.47 Å². The van der Waals surface area contributed by atoms with Gasteiger partial charge >= 0.3 is 5.97 Å². The van der Waals surface area contributed by atoms with Gasteiger partial charge in [-0.15, -0.1) is 0 Å². The van der Waals surface area contributed by atoms with E-state index in [1.54, 1.807) is 0 Å². The third-order valence-electron chi connectivity index (χ3n) is 3.66. The SMILES string of the molecule is C=CC(=O)OC(C)(COCC)C(C)(C)CCCC. The van der Waals surface area contributed by atoms with Gasteiger partial charge in [-0.05, 0) is 20.3 Å². The Morgan fingerprint density at radius 3 is 2.33 bits per heavy atom. The largest absolute Gasteiger partial charge is 0.453 e. The molecule has 18 heavy (non-hydrogen) atoms. The smallest absolute Gasteiger partial charge is 0.330 e. The summed E-state index contributed by atoms with van der Waals surface area (Å²) < 4.78 is 11.1. The van der Waals surface area contributed by atoms with E-state index in [1.165, 1.54) is 6.08 Å². The van der Waals surface area contributed by atoms with Crippen molar-refractivity contribution in [1.82, 2.24) is 0 Å². The molecule has 0 rings (SSSR count). The Labute approximate surface area is 112 Å². The van der Waals surface area contributed by atoms with E-state index >= 15 is 0 Å². The van der Waals surface area contributed by atoms with E-state index in [4.69, 9.17) is 9.47 Å². The van der Waals surface area contributed by atoms with Crippen LogP contribution in [-0.4, -0.2) is 24.8 Å². The molecule has 0 spiro atoms. The first kappa shape index (κ1) is 17.2.